The first kappa shape index (κ1) is 12.7. The van der Waals surface area contributed by atoms with Gasteiger partial charge in [0, 0.05) is 22.4 Å². The number of ketones is 1. The molecule has 1 aromatic heterocycles. The Morgan fingerprint density at radius 1 is 1.28 bits per heavy atom. The van der Waals surface area contributed by atoms with E-state index in [1.807, 2.05) is 19.1 Å². The largest absolute Gasteiger partial charge is 0.479 e. The van der Waals surface area contributed by atoms with Crippen LogP contribution in [-0.4, -0.2) is 22.9 Å². The van der Waals surface area contributed by atoms with Crippen LogP contribution in [0.15, 0.2) is 35.1 Å². The summed E-state index contributed by atoms with van der Waals surface area (Å²) in [4.78, 5) is 20.4. The fourth-order valence-electron chi connectivity index (χ4n) is 1.58. The highest BCUT2D eigenvalue weighted by Crippen LogP contribution is 2.25. The van der Waals surface area contributed by atoms with Crippen LogP contribution in [-0.2, 0) is 0 Å². The maximum Gasteiger partial charge on any atom is 0.243 e. The molecule has 0 atom stereocenters. The van der Waals surface area contributed by atoms with E-state index in [9.17, 15) is 4.79 Å². The van der Waals surface area contributed by atoms with E-state index >= 15 is 0 Å². The number of aryl methyl sites for hydroxylation is 1. The highest BCUT2D eigenvalue weighted by atomic mass is 79.9. The fourth-order valence-corrected chi connectivity index (χ4v) is 2.03. The maximum absolute atomic E-state index is 12.4. The fraction of sp³-hybridized carbons (Fsp3) is 0.154. The van der Waals surface area contributed by atoms with Crippen molar-refractivity contribution in [2.24, 2.45) is 0 Å². The molecular weight excluding hydrogens is 296 g/mol. The maximum atomic E-state index is 12.4. The van der Waals surface area contributed by atoms with E-state index in [0.29, 0.717) is 5.56 Å². The highest BCUT2D eigenvalue weighted by Gasteiger charge is 2.19. The molecule has 0 amide bonds. The molecule has 1 aromatic carbocycles. The molecule has 92 valence electrons. The zero-order chi connectivity index (χ0) is 13.1. The van der Waals surface area contributed by atoms with Crippen LogP contribution in [0.3, 0.4) is 0 Å². The molecule has 0 fully saturated rings. The standard InChI is InChI=1S/C13H11BrN2O2/c1-8-4-3-5-9(10(8)14)12(17)11-13(18-2)16-7-6-15-11/h3-7H,1-2H3. The van der Waals surface area contributed by atoms with Crippen LogP contribution in [0.1, 0.15) is 21.6 Å². The minimum Gasteiger partial charge on any atom is -0.479 e. The predicted octanol–water partition coefficient (Wildman–Crippen LogP) is 2.79. The predicted molar refractivity (Wildman–Crippen MR) is 70.9 cm³/mol. The molecular formula is C13H11BrN2O2. The number of halogens is 1. The number of hydrogen-bond donors (Lipinski definition) is 0. The van der Waals surface area contributed by atoms with Gasteiger partial charge in [0.15, 0.2) is 5.69 Å². The molecule has 0 radical (unpaired) electrons. The van der Waals surface area contributed by atoms with Gasteiger partial charge in [0.2, 0.25) is 11.7 Å². The molecule has 0 bridgehead atoms. The normalized spacial score (nSPS) is 10.2. The summed E-state index contributed by atoms with van der Waals surface area (Å²) in [5.41, 5.74) is 1.75. The first-order valence-electron chi connectivity index (χ1n) is 5.30. The molecule has 0 saturated heterocycles. The Morgan fingerprint density at radius 2 is 2.00 bits per heavy atom. The second kappa shape index (κ2) is 5.27. The number of aromatic nitrogens is 2. The van der Waals surface area contributed by atoms with E-state index in [0.717, 1.165) is 10.0 Å². The number of carbonyl (C=O) groups excluding carboxylic acids is 1. The summed E-state index contributed by atoms with van der Waals surface area (Å²) >= 11 is 3.41. The third-order valence-corrected chi connectivity index (χ3v) is 3.56. The molecule has 18 heavy (non-hydrogen) atoms. The lowest BCUT2D eigenvalue weighted by Crippen LogP contribution is -2.08. The van der Waals surface area contributed by atoms with Gasteiger partial charge in [0.05, 0.1) is 7.11 Å². The zero-order valence-corrected chi connectivity index (χ0v) is 11.6. The molecule has 2 rings (SSSR count). The van der Waals surface area contributed by atoms with Crippen LogP contribution >= 0.6 is 15.9 Å². The Kier molecular flexibility index (Phi) is 3.72. The second-order valence-electron chi connectivity index (χ2n) is 3.68. The molecule has 0 aliphatic heterocycles. The number of ether oxygens (including phenoxy) is 1. The van der Waals surface area contributed by atoms with Crippen molar-refractivity contribution >= 4 is 21.7 Å². The molecule has 0 aliphatic rings. The summed E-state index contributed by atoms with van der Waals surface area (Å²) in [6, 6.07) is 5.50. The number of carbonyl (C=O) groups is 1. The van der Waals surface area contributed by atoms with Gasteiger partial charge in [-0.1, -0.05) is 12.1 Å². The van der Waals surface area contributed by atoms with Gasteiger partial charge in [-0.15, -0.1) is 0 Å². The van der Waals surface area contributed by atoms with Gasteiger partial charge in [-0.3, -0.25) is 4.79 Å². The average Bonchev–Trinajstić information content (AvgIpc) is 2.41. The Bertz CT molecular complexity index is 599. The Balaban J connectivity index is 2.52. The van der Waals surface area contributed by atoms with Crippen LogP contribution in [0, 0.1) is 6.92 Å². The van der Waals surface area contributed by atoms with Crippen LogP contribution < -0.4 is 4.74 Å². The number of rotatable bonds is 3. The van der Waals surface area contributed by atoms with Crippen molar-refractivity contribution in [1.82, 2.24) is 9.97 Å². The molecule has 5 heteroatoms. The van der Waals surface area contributed by atoms with Crippen molar-refractivity contribution in [3.63, 3.8) is 0 Å². The summed E-state index contributed by atoms with van der Waals surface area (Å²) in [5, 5.41) is 0. The van der Waals surface area contributed by atoms with Crippen LogP contribution in [0.4, 0.5) is 0 Å². The second-order valence-corrected chi connectivity index (χ2v) is 4.47. The van der Waals surface area contributed by atoms with Crippen LogP contribution in [0.5, 0.6) is 5.88 Å². The monoisotopic (exact) mass is 306 g/mol. The average molecular weight is 307 g/mol. The summed E-state index contributed by atoms with van der Waals surface area (Å²) < 4.78 is 5.81. The molecule has 0 aliphatic carbocycles. The van der Waals surface area contributed by atoms with Gasteiger partial charge in [-0.05, 0) is 34.5 Å². The number of nitrogens with zero attached hydrogens (tertiary/aromatic N) is 2. The smallest absolute Gasteiger partial charge is 0.243 e. The molecule has 0 spiro atoms. The Hall–Kier alpha value is -1.75. The van der Waals surface area contributed by atoms with Gasteiger partial charge < -0.3 is 4.74 Å². The van der Waals surface area contributed by atoms with E-state index < -0.39 is 0 Å². The first-order valence-corrected chi connectivity index (χ1v) is 6.09. The van der Waals surface area contributed by atoms with Gasteiger partial charge in [-0.2, -0.15) is 0 Å². The molecule has 0 unspecified atom stereocenters. The Labute approximate surface area is 113 Å². The minimum atomic E-state index is -0.212. The van der Waals surface area contributed by atoms with E-state index in [1.165, 1.54) is 19.5 Å². The lowest BCUT2D eigenvalue weighted by molar-refractivity contribution is 0.102. The third kappa shape index (κ3) is 2.26. The number of hydrogen-bond acceptors (Lipinski definition) is 4. The van der Waals surface area contributed by atoms with E-state index in [2.05, 4.69) is 25.9 Å². The minimum absolute atomic E-state index is 0.212. The summed E-state index contributed by atoms with van der Waals surface area (Å²) in [6.07, 6.45) is 2.96. The summed E-state index contributed by atoms with van der Waals surface area (Å²) in [6.45, 7) is 1.93. The molecule has 0 N–H and O–H groups in total. The molecule has 0 saturated carbocycles. The van der Waals surface area contributed by atoms with Crippen molar-refractivity contribution in [1.29, 1.82) is 0 Å². The van der Waals surface area contributed by atoms with Gasteiger partial charge >= 0.3 is 0 Å². The van der Waals surface area contributed by atoms with E-state index in [4.69, 9.17) is 4.74 Å². The lowest BCUT2D eigenvalue weighted by Gasteiger charge is -2.07. The quantitative estimate of drug-likeness (QED) is 0.818. The molecule has 2 aromatic rings. The van der Waals surface area contributed by atoms with Crippen LogP contribution in [0.25, 0.3) is 0 Å². The molecule has 4 nitrogen and oxygen atoms in total. The number of benzene rings is 1. The van der Waals surface area contributed by atoms with Crippen molar-refractivity contribution in [2.45, 2.75) is 6.92 Å². The Morgan fingerprint density at radius 3 is 2.72 bits per heavy atom. The van der Waals surface area contributed by atoms with Crippen molar-refractivity contribution in [3.8, 4) is 5.88 Å². The molecule has 1 heterocycles. The van der Waals surface area contributed by atoms with Crippen LogP contribution in [0.2, 0.25) is 0 Å². The van der Waals surface area contributed by atoms with Gasteiger partial charge in [-0.25, -0.2) is 9.97 Å². The van der Waals surface area contributed by atoms with Crippen molar-refractivity contribution < 1.29 is 9.53 Å². The lowest BCUT2D eigenvalue weighted by atomic mass is 10.1. The van der Waals surface area contributed by atoms with Gasteiger partial charge in [0.25, 0.3) is 0 Å². The van der Waals surface area contributed by atoms with Crippen molar-refractivity contribution in [2.75, 3.05) is 7.11 Å². The summed E-state index contributed by atoms with van der Waals surface area (Å²) in [5.74, 6) is 0.0198. The first-order chi connectivity index (χ1) is 8.65. The zero-order valence-electron chi connectivity index (χ0n) is 9.98. The third-order valence-electron chi connectivity index (χ3n) is 2.51. The van der Waals surface area contributed by atoms with E-state index in [1.54, 1.807) is 6.07 Å². The van der Waals surface area contributed by atoms with Gasteiger partial charge in [0.1, 0.15) is 0 Å². The van der Waals surface area contributed by atoms with Crippen molar-refractivity contribution in [3.05, 3.63) is 51.9 Å². The SMILES string of the molecule is COc1nccnc1C(=O)c1cccc(C)c1Br. The highest BCUT2D eigenvalue weighted by molar-refractivity contribution is 9.10. The number of methoxy groups -OCH3 is 1. The summed E-state index contributed by atoms with van der Waals surface area (Å²) in [7, 11) is 1.46. The van der Waals surface area contributed by atoms with E-state index in [-0.39, 0.29) is 17.4 Å². The topological polar surface area (TPSA) is 52.1 Å².